The Kier molecular flexibility index (Phi) is 5.63. The van der Waals surface area contributed by atoms with Crippen LogP contribution in [0.15, 0.2) is 47.5 Å². The van der Waals surface area contributed by atoms with Gasteiger partial charge in [0.25, 0.3) is 0 Å². The average Bonchev–Trinajstić information content (AvgIpc) is 2.55. The summed E-state index contributed by atoms with van der Waals surface area (Å²) < 4.78 is 39.8. The molecule has 0 bridgehead atoms. The fraction of sp³-hybridized carbons (Fsp3) is 0.250. The second kappa shape index (κ2) is 7.50. The Balaban J connectivity index is 2.11. The third kappa shape index (κ3) is 4.59. The van der Waals surface area contributed by atoms with E-state index in [1.165, 1.54) is 0 Å². The SMILES string of the molecule is CCC(NS(=O)(=O)c1ccc(F)cc1)C(=O)Nc1ccc(C)cn1. The zero-order valence-corrected chi connectivity index (χ0v) is 14.1. The normalized spacial score (nSPS) is 12.6. The number of nitrogens with zero attached hydrogens (tertiary/aromatic N) is 1. The van der Waals surface area contributed by atoms with Gasteiger partial charge >= 0.3 is 0 Å². The summed E-state index contributed by atoms with van der Waals surface area (Å²) in [6.07, 6.45) is 1.84. The van der Waals surface area contributed by atoms with Gasteiger partial charge in [-0.25, -0.2) is 17.8 Å². The zero-order chi connectivity index (χ0) is 17.7. The molecule has 1 atom stereocenters. The lowest BCUT2D eigenvalue weighted by molar-refractivity contribution is -0.117. The molecule has 0 aliphatic heterocycles. The molecule has 6 nitrogen and oxygen atoms in total. The molecule has 1 amide bonds. The molecule has 0 fully saturated rings. The maximum absolute atomic E-state index is 12.9. The Morgan fingerprint density at radius 3 is 2.42 bits per heavy atom. The van der Waals surface area contributed by atoms with Crippen molar-refractivity contribution in [1.29, 1.82) is 0 Å². The van der Waals surface area contributed by atoms with Gasteiger partial charge in [-0.3, -0.25) is 4.79 Å². The lowest BCUT2D eigenvalue weighted by atomic mass is 10.2. The van der Waals surface area contributed by atoms with Crippen molar-refractivity contribution in [2.45, 2.75) is 31.2 Å². The third-order valence-corrected chi connectivity index (χ3v) is 4.80. The first-order valence-corrected chi connectivity index (χ1v) is 8.81. The summed E-state index contributed by atoms with van der Waals surface area (Å²) in [6, 6.07) is 6.83. The summed E-state index contributed by atoms with van der Waals surface area (Å²) in [4.78, 5) is 16.2. The molecular formula is C16H18FN3O3S. The highest BCUT2D eigenvalue weighted by molar-refractivity contribution is 7.89. The first kappa shape index (κ1) is 18.0. The van der Waals surface area contributed by atoms with Crippen LogP contribution in [0.1, 0.15) is 18.9 Å². The van der Waals surface area contributed by atoms with E-state index < -0.39 is 27.8 Å². The van der Waals surface area contributed by atoms with E-state index in [0.717, 1.165) is 29.8 Å². The van der Waals surface area contributed by atoms with Gasteiger partial charge in [0.05, 0.1) is 4.90 Å². The molecule has 0 aliphatic rings. The van der Waals surface area contributed by atoms with Crippen LogP contribution in [0.5, 0.6) is 0 Å². The fourth-order valence-electron chi connectivity index (χ4n) is 1.95. The highest BCUT2D eigenvalue weighted by Crippen LogP contribution is 2.12. The van der Waals surface area contributed by atoms with Crippen molar-refractivity contribution in [2.75, 3.05) is 5.32 Å². The molecule has 0 saturated heterocycles. The molecule has 1 aromatic heterocycles. The van der Waals surface area contributed by atoms with E-state index in [1.54, 1.807) is 25.3 Å². The van der Waals surface area contributed by atoms with Crippen LogP contribution >= 0.6 is 0 Å². The van der Waals surface area contributed by atoms with E-state index >= 15 is 0 Å². The monoisotopic (exact) mass is 351 g/mol. The van der Waals surface area contributed by atoms with Crippen molar-refractivity contribution in [3.8, 4) is 0 Å². The zero-order valence-electron chi connectivity index (χ0n) is 13.3. The van der Waals surface area contributed by atoms with Crippen LogP contribution in [-0.4, -0.2) is 25.4 Å². The lowest BCUT2D eigenvalue weighted by Gasteiger charge is -2.16. The molecular weight excluding hydrogens is 333 g/mol. The number of aromatic nitrogens is 1. The minimum Gasteiger partial charge on any atom is -0.309 e. The highest BCUT2D eigenvalue weighted by Gasteiger charge is 2.24. The molecule has 2 N–H and O–H groups in total. The summed E-state index contributed by atoms with van der Waals surface area (Å²) >= 11 is 0. The predicted octanol–water partition coefficient (Wildman–Crippen LogP) is 2.22. The lowest BCUT2D eigenvalue weighted by Crippen LogP contribution is -2.43. The number of hydrogen-bond acceptors (Lipinski definition) is 4. The third-order valence-electron chi connectivity index (χ3n) is 3.31. The highest BCUT2D eigenvalue weighted by atomic mass is 32.2. The molecule has 1 unspecified atom stereocenters. The molecule has 8 heteroatoms. The van der Waals surface area contributed by atoms with E-state index in [2.05, 4.69) is 15.0 Å². The van der Waals surface area contributed by atoms with Crippen LogP contribution in [-0.2, 0) is 14.8 Å². The van der Waals surface area contributed by atoms with Gasteiger partial charge in [0.1, 0.15) is 17.7 Å². The van der Waals surface area contributed by atoms with Crippen LogP contribution < -0.4 is 10.0 Å². The van der Waals surface area contributed by atoms with Crippen molar-refractivity contribution in [1.82, 2.24) is 9.71 Å². The summed E-state index contributed by atoms with van der Waals surface area (Å²) in [5, 5.41) is 2.57. The fourth-order valence-corrected chi connectivity index (χ4v) is 3.23. The number of anilines is 1. The molecule has 1 heterocycles. The number of nitrogens with one attached hydrogen (secondary N) is 2. The van der Waals surface area contributed by atoms with Crippen LogP contribution in [0.25, 0.3) is 0 Å². The number of halogens is 1. The summed E-state index contributed by atoms with van der Waals surface area (Å²) in [6.45, 7) is 3.55. The van der Waals surface area contributed by atoms with E-state index in [9.17, 15) is 17.6 Å². The standard InChI is InChI=1S/C16H18FN3O3S/c1-3-14(16(21)19-15-9-4-11(2)10-18-15)20-24(22,23)13-7-5-12(17)6-8-13/h4-10,14,20H,3H2,1-2H3,(H,18,19,21). The second-order valence-corrected chi connectivity index (χ2v) is 6.96. The first-order valence-electron chi connectivity index (χ1n) is 7.33. The number of carbonyl (C=O) groups excluding carboxylic acids is 1. The number of amides is 1. The second-order valence-electron chi connectivity index (χ2n) is 5.25. The number of pyridine rings is 1. The molecule has 0 saturated carbocycles. The molecule has 2 rings (SSSR count). The van der Waals surface area contributed by atoms with Gasteiger partial charge in [0.2, 0.25) is 15.9 Å². The van der Waals surface area contributed by atoms with Crippen molar-refractivity contribution in [3.05, 3.63) is 54.0 Å². The molecule has 128 valence electrons. The molecule has 0 radical (unpaired) electrons. The quantitative estimate of drug-likeness (QED) is 0.835. The maximum Gasteiger partial charge on any atom is 0.243 e. The number of hydrogen-bond donors (Lipinski definition) is 2. The van der Waals surface area contributed by atoms with Crippen LogP contribution in [0.2, 0.25) is 0 Å². The van der Waals surface area contributed by atoms with Gasteiger partial charge in [-0.2, -0.15) is 4.72 Å². The van der Waals surface area contributed by atoms with E-state index in [-0.39, 0.29) is 11.3 Å². The van der Waals surface area contributed by atoms with E-state index in [0.29, 0.717) is 5.82 Å². The van der Waals surface area contributed by atoms with Gasteiger partial charge in [-0.15, -0.1) is 0 Å². The Morgan fingerprint density at radius 2 is 1.88 bits per heavy atom. The Morgan fingerprint density at radius 1 is 1.21 bits per heavy atom. The Bertz CT molecular complexity index is 805. The Hall–Kier alpha value is -2.32. The van der Waals surface area contributed by atoms with Crippen molar-refractivity contribution in [2.24, 2.45) is 0 Å². The average molecular weight is 351 g/mol. The largest absolute Gasteiger partial charge is 0.309 e. The van der Waals surface area contributed by atoms with E-state index in [1.807, 2.05) is 6.92 Å². The number of rotatable bonds is 6. The smallest absolute Gasteiger partial charge is 0.243 e. The molecule has 0 spiro atoms. The summed E-state index contributed by atoms with van der Waals surface area (Å²) in [5.74, 6) is -0.714. The molecule has 2 aromatic rings. The number of benzene rings is 1. The van der Waals surface area contributed by atoms with Crippen molar-refractivity contribution >= 4 is 21.7 Å². The van der Waals surface area contributed by atoms with Crippen molar-refractivity contribution in [3.63, 3.8) is 0 Å². The van der Waals surface area contributed by atoms with Gasteiger partial charge in [-0.05, 0) is 49.2 Å². The molecule has 24 heavy (non-hydrogen) atoms. The minimum absolute atomic E-state index is 0.108. The predicted molar refractivity (Wildman–Crippen MR) is 88.4 cm³/mol. The van der Waals surface area contributed by atoms with Gasteiger partial charge < -0.3 is 5.32 Å². The van der Waals surface area contributed by atoms with Crippen LogP contribution in [0.3, 0.4) is 0 Å². The van der Waals surface area contributed by atoms with Crippen LogP contribution in [0, 0.1) is 12.7 Å². The summed E-state index contributed by atoms with van der Waals surface area (Å²) in [5.41, 5.74) is 0.942. The maximum atomic E-state index is 12.9. The number of carbonyl (C=O) groups is 1. The first-order chi connectivity index (χ1) is 11.3. The molecule has 0 aliphatic carbocycles. The van der Waals surface area contributed by atoms with Crippen LogP contribution in [0.4, 0.5) is 10.2 Å². The topological polar surface area (TPSA) is 88.2 Å². The number of aryl methyl sites for hydroxylation is 1. The summed E-state index contributed by atoms with van der Waals surface area (Å²) in [7, 11) is -3.93. The van der Waals surface area contributed by atoms with E-state index in [4.69, 9.17) is 0 Å². The van der Waals surface area contributed by atoms with Gasteiger partial charge in [-0.1, -0.05) is 13.0 Å². The minimum atomic E-state index is -3.93. The molecule has 1 aromatic carbocycles. The Labute approximate surface area is 140 Å². The van der Waals surface area contributed by atoms with Gasteiger partial charge in [0.15, 0.2) is 0 Å². The van der Waals surface area contributed by atoms with Crippen molar-refractivity contribution < 1.29 is 17.6 Å². The van der Waals surface area contributed by atoms with Gasteiger partial charge in [0, 0.05) is 6.20 Å². The number of sulfonamides is 1.